The highest BCUT2D eigenvalue weighted by molar-refractivity contribution is 5.73. The number of nitrogens with zero attached hydrogens (tertiary/aromatic N) is 2. The second kappa shape index (κ2) is 7.06. The monoisotopic (exact) mass is 375 g/mol. The maximum atomic E-state index is 11.3. The lowest BCUT2D eigenvalue weighted by molar-refractivity contribution is -0.121. The van der Waals surface area contributed by atoms with Crippen LogP contribution >= 0.6 is 0 Å². The van der Waals surface area contributed by atoms with Gasteiger partial charge in [0.15, 0.2) is 11.5 Å². The number of aromatic nitrogens is 1. The summed E-state index contributed by atoms with van der Waals surface area (Å²) < 4.78 is 5.83. The van der Waals surface area contributed by atoms with Gasteiger partial charge in [-0.25, -0.2) is 4.98 Å². The fourth-order valence-electron chi connectivity index (χ4n) is 4.77. The number of carbonyl (C=O) groups excluding carboxylic acids is 1. The van der Waals surface area contributed by atoms with Crippen LogP contribution in [0, 0.1) is 0 Å². The third-order valence-electron chi connectivity index (χ3n) is 6.08. The van der Waals surface area contributed by atoms with Crippen LogP contribution in [0.1, 0.15) is 43.2 Å². The molecule has 2 aromatic carbocycles. The molecule has 1 saturated carbocycles. The van der Waals surface area contributed by atoms with E-state index in [9.17, 15) is 4.79 Å². The molecule has 3 aromatic rings. The summed E-state index contributed by atoms with van der Waals surface area (Å²) in [5, 5.41) is 3.09. The predicted molar refractivity (Wildman–Crippen MR) is 108 cm³/mol. The van der Waals surface area contributed by atoms with Crippen molar-refractivity contribution in [3.63, 3.8) is 0 Å². The van der Waals surface area contributed by atoms with Crippen LogP contribution in [0.25, 0.3) is 11.1 Å². The number of nitrogens with one attached hydrogen (secondary N) is 1. The molecule has 0 radical (unpaired) electrons. The Hall–Kier alpha value is -2.66. The summed E-state index contributed by atoms with van der Waals surface area (Å²) in [6, 6.07) is 18.2. The van der Waals surface area contributed by atoms with Crippen molar-refractivity contribution >= 4 is 17.0 Å². The lowest BCUT2D eigenvalue weighted by atomic mass is 9.76. The van der Waals surface area contributed by atoms with Gasteiger partial charge in [-0.15, -0.1) is 0 Å². The van der Waals surface area contributed by atoms with Crippen molar-refractivity contribution in [1.29, 1.82) is 0 Å². The molecule has 5 heteroatoms. The molecule has 2 aliphatic heterocycles. The minimum Gasteiger partial charge on any atom is -0.440 e. The van der Waals surface area contributed by atoms with Crippen LogP contribution in [0.5, 0.6) is 0 Å². The van der Waals surface area contributed by atoms with Crippen molar-refractivity contribution in [2.24, 2.45) is 0 Å². The fraction of sp³-hybridized carbons (Fsp3) is 0.391. The van der Waals surface area contributed by atoms with Gasteiger partial charge in [-0.2, -0.15) is 0 Å². The number of carbonyl (C=O) groups is 1. The molecule has 3 aliphatic rings. The van der Waals surface area contributed by atoms with Crippen molar-refractivity contribution in [3.05, 3.63) is 65.5 Å². The summed E-state index contributed by atoms with van der Waals surface area (Å²) in [5.41, 5.74) is 4.31. The minimum absolute atomic E-state index is 0.0902. The first-order valence-electron chi connectivity index (χ1n) is 10.1. The van der Waals surface area contributed by atoms with Crippen LogP contribution in [0.15, 0.2) is 52.9 Å². The molecule has 3 fully saturated rings. The van der Waals surface area contributed by atoms with E-state index in [1.807, 2.05) is 24.3 Å². The molecule has 1 amide bonds. The van der Waals surface area contributed by atoms with E-state index in [4.69, 9.17) is 4.42 Å². The van der Waals surface area contributed by atoms with Gasteiger partial charge in [-0.1, -0.05) is 36.4 Å². The van der Waals surface area contributed by atoms with E-state index in [0.29, 0.717) is 24.5 Å². The van der Waals surface area contributed by atoms with Gasteiger partial charge < -0.3 is 9.73 Å². The molecule has 0 spiro atoms. The first-order chi connectivity index (χ1) is 13.6. The highest BCUT2D eigenvalue weighted by Gasteiger charge is 2.45. The molecule has 1 aromatic heterocycles. The van der Waals surface area contributed by atoms with Crippen LogP contribution in [0.2, 0.25) is 0 Å². The average molecular weight is 375 g/mol. The Labute approximate surface area is 164 Å². The number of oxazole rings is 1. The lowest BCUT2D eigenvalue weighted by Crippen LogP contribution is -2.63. The Balaban J connectivity index is 1.20. The molecule has 2 bridgehead atoms. The highest BCUT2D eigenvalue weighted by atomic mass is 16.3. The quantitative estimate of drug-likeness (QED) is 0.739. The Morgan fingerprint density at radius 2 is 1.79 bits per heavy atom. The molecule has 144 valence electrons. The number of para-hydroxylation sites is 2. The summed E-state index contributed by atoms with van der Waals surface area (Å²) >= 11 is 0. The summed E-state index contributed by atoms with van der Waals surface area (Å²) in [5.74, 6) is 0.850. The van der Waals surface area contributed by atoms with E-state index in [1.165, 1.54) is 17.5 Å². The van der Waals surface area contributed by atoms with Gasteiger partial charge in [0.25, 0.3) is 0 Å². The smallest absolute Gasteiger partial charge is 0.217 e. The van der Waals surface area contributed by atoms with Crippen LogP contribution in [0.3, 0.4) is 0 Å². The van der Waals surface area contributed by atoms with Gasteiger partial charge in [0, 0.05) is 38.0 Å². The molecular formula is C23H25N3O2. The molecule has 3 atom stereocenters. The maximum absolute atomic E-state index is 11.3. The SMILES string of the molecule is CC(=O)NC1CC2C[C@@H](C1)N2Cc1ccc(Cc2nc3ccccc3o2)cc1. The zero-order valence-electron chi connectivity index (χ0n) is 16.1. The molecule has 6 rings (SSSR count). The first-order valence-corrected chi connectivity index (χ1v) is 10.1. The number of hydrogen-bond donors (Lipinski definition) is 1. The molecular weight excluding hydrogens is 350 g/mol. The average Bonchev–Trinajstić information content (AvgIpc) is 3.09. The zero-order chi connectivity index (χ0) is 19.1. The third kappa shape index (κ3) is 3.42. The van der Waals surface area contributed by atoms with Crippen LogP contribution < -0.4 is 5.32 Å². The van der Waals surface area contributed by atoms with Gasteiger partial charge in [0.05, 0.1) is 0 Å². The number of benzene rings is 2. The summed E-state index contributed by atoms with van der Waals surface area (Å²) in [7, 11) is 0. The zero-order valence-corrected chi connectivity index (χ0v) is 16.1. The van der Waals surface area contributed by atoms with Crippen LogP contribution in [0.4, 0.5) is 0 Å². The van der Waals surface area contributed by atoms with Gasteiger partial charge >= 0.3 is 0 Å². The Bertz CT molecular complexity index is 950. The second-order valence-electron chi connectivity index (χ2n) is 8.15. The molecule has 1 aliphatic carbocycles. The van der Waals surface area contributed by atoms with E-state index in [2.05, 4.69) is 39.5 Å². The Kier molecular flexibility index (Phi) is 4.40. The van der Waals surface area contributed by atoms with E-state index >= 15 is 0 Å². The number of rotatable bonds is 5. The number of piperidine rings is 1. The first kappa shape index (κ1) is 17.4. The second-order valence-corrected chi connectivity index (χ2v) is 8.15. The predicted octanol–water partition coefficient (Wildman–Crippen LogP) is 3.66. The van der Waals surface area contributed by atoms with Crippen molar-refractivity contribution in [3.8, 4) is 0 Å². The molecule has 2 saturated heterocycles. The van der Waals surface area contributed by atoms with Crippen molar-refractivity contribution in [1.82, 2.24) is 15.2 Å². The number of hydrogen-bond acceptors (Lipinski definition) is 4. The van der Waals surface area contributed by atoms with Gasteiger partial charge in [0.1, 0.15) is 5.52 Å². The van der Waals surface area contributed by atoms with Crippen molar-refractivity contribution in [2.75, 3.05) is 0 Å². The Morgan fingerprint density at radius 3 is 2.50 bits per heavy atom. The third-order valence-corrected chi connectivity index (χ3v) is 6.08. The Morgan fingerprint density at radius 1 is 1.07 bits per heavy atom. The normalized spacial score (nSPS) is 24.1. The van der Waals surface area contributed by atoms with Crippen LogP contribution in [-0.4, -0.2) is 33.9 Å². The topological polar surface area (TPSA) is 58.4 Å². The van der Waals surface area contributed by atoms with Gasteiger partial charge in [0.2, 0.25) is 5.91 Å². The van der Waals surface area contributed by atoms with E-state index in [-0.39, 0.29) is 5.91 Å². The van der Waals surface area contributed by atoms with E-state index < -0.39 is 0 Å². The number of amides is 1. The number of fused-ring (bicyclic) bond motifs is 3. The summed E-state index contributed by atoms with van der Waals surface area (Å²) in [4.78, 5) is 18.4. The van der Waals surface area contributed by atoms with Gasteiger partial charge in [-0.3, -0.25) is 9.69 Å². The minimum atomic E-state index is 0.0902. The summed E-state index contributed by atoms with van der Waals surface area (Å²) in [6.07, 6.45) is 4.13. The standard InChI is InChI=1S/C23H25N3O2/c1-15(27)24-18-11-19-13-20(12-18)26(19)14-17-8-6-16(7-9-17)10-23-25-21-4-2-3-5-22(21)28-23/h2-9,18-20H,10-14H2,1H3,(H,24,27)/t18?,19-,20?/m1/s1. The van der Waals surface area contributed by atoms with E-state index in [0.717, 1.165) is 36.4 Å². The van der Waals surface area contributed by atoms with Crippen molar-refractivity contribution < 1.29 is 9.21 Å². The van der Waals surface area contributed by atoms with E-state index in [1.54, 1.807) is 6.92 Å². The van der Waals surface area contributed by atoms with Crippen molar-refractivity contribution in [2.45, 2.75) is 57.3 Å². The largest absolute Gasteiger partial charge is 0.440 e. The van der Waals surface area contributed by atoms with Gasteiger partial charge in [-0.05, 0) is 42.5 Å². The van der Waals surface area contributed by atoms with Crippen LogP contribution in [-0.2, 0) is 17.8 Å². The molecule has 28 heavy (non-hydrogen) atoms. The lowest BCUT2D eigenvalue weighted by Gasteiger charge is -2.55. The molecule has 3 heterocycles. The molecule has 1 N–H and O–H groups in total. The maximum Gasteiger partial charge on any atom is 0.217 e. The summed E-state index contributed by atoms with van der Waals surface area (Å²) in [6.45, 7) is 2.60. The molecule has 2 unspecified atom stereocenters. The highest BCUT2D eigenvalue weighted by Crippen LogP contribution is 2.39. The fourth-order valence-corrected chi connectivity index (χ4v) is 4.77. The molecule has 5 nitrogen and oxygen atoms in total.